The van der Waals surface area contributed by atoms with Crippen molar-refractivity contribution in [3.63, 3.8) is 0 Å². The zero-order valence-corrected chi connectivity index (χ0v) is 12.2. The SMILES string of the molecule is O=C(/C=C/c1ccco1)OCC(=O)c1ccc(Cl)cc1Cl. The second-order valence-electron chi connectivity index (χ2n) is 4.00. The summed E-state index contributed by atoms with van der Waals surface area (Å²) in [6.07, 6.45) is 4.11. The number of halogens is 2. The first-order valence-corrected chi connectivity index (χ1v) is 6.68. The van der Waals surface area contributed by atoms with Crippen LogP contribution in [0, 0.1) is 0 Å². The molecule has 21 heavy (non-hydrogen) atoms. The third-order valence-corrected chi connectivity index (χ3v) is 3.05. The van der Waals surface area contributed by atoms with Crippen LogP contribution in [-0.4, -0.2) is 18.4 Å². The van der Waals surface area contributed by atoms with Crippen LogP contribution in [0.15, 0.2) is 47.1 Å². The number of furan rings is 1. The molecule has 0 aliphatic heterocycles. The Morgan fingerprint density at radius 1 is 1.24 bits per heavy atom. The highest BCUT2D eigenvalue weighted by molar-refractivity contribution is 6.36. The molecule has 4 nitrogen and oxygen atoms in total. The van der Waals surface area contributed by atoms with Crippen LogP contribution in [0.1, 0.15) is 16.1 Å². The number of carbonyl (C=O) groups is 2. The van der Waals surface area contributed by atoms with Crippen LogP contribution in [0.5, 0.6) is 0 Å². The van der Waals surface area contributed by atoms with Gasteiger partial charge in [-0.2, -0.15) is 0 Å². The van der Waals surface area contributed by atoms with Crippen LogP contribution >= 0.6 is 23.2 Å². The largest absolute Gasteiger partial charge is 0.465 e. The standard InChI is InChI=1S/C15H10Cl2O4/c16-10-3-5-12(13(17)8-10)14(18)9-21-15(19)6-4-11-2-1-7-20-11/h1-8H,9H2/b6-4+. The van der Waals surface area contributed by atoms with E-state index < -0.39 is 18.4 Å². The van der Waals surface area contributed by atoms with E-state index in [1.165, 1.54) is 30.5 Å². The van der Waals surface area contributed by atoms with Gasteiger partial charge in [-0.25, -0.2) is 4.79 Å². The fourth-order valence-electron chi connectivity index (χ4n) is 1.51. The van der Waals surface area contributed by atoms with Gasteiger partial charge in [-0.15, -0.1) is 0 Å². The molecule has 1 heterocycles. The van der Waals surface area contributed by atoms with Crippen LogP contribution in [0.4, 0.5) is 0 Å². The van der Waals surface area contributed by atoms with Crippen molar-refractivity contribution >= 4 is 41.0 Å². The molecule has 2 rings (SSSR count). The Labute approximate surface area is 130 Å². The Morgan fingerprint density at radius 2 is 2.05 bits per heavy atom. The van der Waals surface area contributed by atoms with Crippen LogP contribution < -0.4 is 0 Å². The zero-order chi connectivity index (χ0) is 15.2. The molecule has 0 atom stereocenters. The van der Waals surface area contributed by atoms with Crippen molar-refractivity contribution in [2.75, 3.05) is 6.61 Å². The van der Waals surface area contributed by atoms with Crippen molar-refractivity contribution in [2.45, 2.75) is 0 Å². The number of ketones is 1. The molecule has 1 aromatic carbocycles. The first-order valence-electron chi connectivity index (χ1n) is 5.93. The van der Waals surface area contributed by atoms with Crippen LogP contribution in [-0.2, 0) is 9.53 Å². The van der Waals surface area contributed by atoms with Gasteiger partial charge in [-0.1, -0.05) is 23.2 Å². The Balaban J connectivity index is 1.90. The predicted octanol–water partition coefficient (Wildman–Crippen LogP) is 4.03. The van der Waals surface area contributed by atoms with Gasteiger partial charge in [-0.05, 0) is 36.4 Å². The molecule has 2 aromatic rings. The van der Waals surface area contributed by atoms with Crippen molar-refractivity contribution in [2.24, 2.45) is 0 Å². The summed E-state index contributed by atoms with van der Waals surface area (Å²) in [6.45, 7) is -0.400. The number of carbonyl (C=O) groups excluding carboxylic acids is 2. The second-order valence-corrected chi connectivity index (χ2v) is 4.85. The summed E-state index contributed by atoms with van der Waals surface area (Å²) in [5.41, 5.74) is 0.254. The van der Waals surface area contributed by atoms with Crippen LogP contribution in [0.3, 0.4) is 0 Å². The van der Waals surface area contributed by atoms with E-state index in [0.717, 1.165) is 0 Å². The molecule has 0 bridgehead atoms. The van der Waals surface area contributed by atoms with Crippen molar-refractivity contribution in [3.05, 3.63) is 64.0 Å². The van der Waals surface area contributed by atoms with Crippen molar-refractivity contribution in [3.8, 4) is 0 Å². The summed E-state index contributed by atoms with van der Waals surface area (Å²) in [4.78, 5) is 23.3. The third kappa shape index (κ3) is 4.48. The van der Waals surface area contributed by atoms with Gasteiger partial charge < -0.3 is 9.15 Å². The second kappa shape index (κ2) is 7.11. The molecule has 6 heteroatoms. The Bertz CT molecular complexity index is 675. The fourth-order valence-corrected chi connectivity index (χ4v) is 2.03. The number of hydrogen-bond acceptors (Lipinski definition) is 4. The first-order chi connectivity index (χ1) is 10.1. The average molecular weight is 325 g/mol. The van der Waals surface area contributed by atoms with E-state index in [2.05, 4.69) is 0 Å². The smallest absolute Gasteiger partial charge is 0.331 e. The predicted molar refractivity (Wildman–Crippen MR) is 79.5 cm³/mol. The van der Waals surface area contributed by atoms with Crippen LogP contribution in [0.2, 0.25) is 10.0 Å². The fraction of sp³-hybridized carbons (Fsp3) is 0.0667. The maximum atomic E-state index is 11.9. The number of Topliss-reactive ketones (excluding diaryl/α,β-unsaturated/α-hetero) is 1. The summed E-state index contributed by atoms with van der Waals surface area (Å²) < 4.78 is 9.85. The van der Waals surface area contributed by atoms with E-state index in [-0.39, 0.29) is 10.6 Å². The lowest BCUT2D eigenvalue weighted by Crippen LogP contribution is -2.12. The van der Waals surface area contributed by atoms with Gasteiger partial charge in [0.2, 0.25) is 5.78 Å². The highest BCUT2D eigenvalue weighted by Gasteiger charge is 2.12. The number of ether oxygens (including phenoxy) is 1. The number of rotatable bonds is 5. The van der Waals surface area contributed by atoms with E-state index in [1.807, 2.05) is 0 Å². The molecule has 0 aliphatic carbocycles. The van der Waals surface area contributed by atoms with E-state index >= 15 is 0 Å². The molecule has 0 saturated heterocycles. The van der Waals surface area contributed by atoms with Crippen molar-refractivity contribution in [1.82, 2.24) is 0 Å². The minimum absolute atomic E-state index is 0.217. The molecule has 0 radical (unpaired) electrons. The highest BCUT2D eigenvalue weighted by atomic mass is 35.5. The number of hydrogen-bond donors (Lipinski definition) is 0. The number of esters is 1. The maximum Gasteiger partial charge on any atom is 0.331 e. The molecule has 108 valence electrons. The summed E-state index contributed by atoms with van der Waals surface area (Å²) in [5.74, 6) is -0.541. The highest BCUT2D eigenvalue weighted by Crippen LogP contribution is 2.21. The van der Waals surface area contributed by atoms with E-state index in [9.17, 15) is 9.59 Å². The lowest BCUT2D eigenvalue weighted by molar-refractivity contribution is -0.136. The molecular formula is C15H10Cl2O4. The Kier molecular flexibility index (Phi) is 5.20. The molecule has 0 spiro atoms. The van der Waals surface area contributed by atoms with E-state index in [4.69, 9.17) is 32.4 Å². The molecule has 1 aromatic heterocycles. The first kappa shape index (κ1) is 15.4. The van der Waals surface area contributed by atoms with Crippen molar-refractivity contribution < 1.29 is 18.7 Å². The van der Waals surface area contributed by atoms with Gasteiger partial charge >= 0.3 is 5.97 Å². The lowest BCUT2D eigenvalue weighted by atomic mass is 10.1. The van der Waals surface area contributed by atoms with Gasteiger partial charge in [0.25, 0.3) is 0 Å². The number of benzene rings is 1. The normalized spacial score (nSPS) is 10.8. The molecule has 0 unspecified atom stereocenters. The molecule has 0 aliphatic rings. The minimum Gasteiger partial charge on any atom is -0.465 e. The zero-order valence-electron chi connectivity index (χ0n) is 10.7. The van der Waals surface area contributed by atoms with Crippen LogP contribution in [0.25, 0.3) is 6.08 Å². The quantitative estimate of drug-likeness (QED) is 0.473. The molecule has 0 N–H and O–H groups in total. The summed E-state index contributed by atoms with van der Waals surface area (Å²) in [7, 11) is 0. The van der Waals surface area contributed by atoms with Gasteiger partial charge in [0.05, 0.1) is 11.3 Å². The third-order valence-electron chi connectivity index (χ3n) is 2.50. The maximum absolute atomic E-state index is 11.9. The van der Waals surface area contributed by atoms with E-state index in [1.54, 1.807) is 18.2 Å². The molecular weight excluding hydrogens is 315 g/mol. The monoisotopic (exact) mass is 324 g/mol. The lowest BCUT2D eigenvalue weighted by Gasteiger charge is -2.04. The Morgan fingerprint density at radius 3 is 2.71 bits per heavy atom. The summed E-state index contributed by atoms with van der Waals surface area (Å²) >= 11 is 11.6. The summed E-state index contributed by atoms with van der Waals surface area (Å²) in [5, 5.41) is 0.643. The molecule has 0 amide bonds. The molecule has 0 fully saturated rings. The minimum atomic E-state index is -0.648. The van der Waals surface area contributed by atoms with Crippen molar-refractivity contribution in [1.29, 1.82) is 0 Å². The van der Waals surface area contributed by atoms with Gasteiger partial charge in [0.15, 0.2) is 6.61 Å². The molecule has 0 saturated carbocycles. The van der Waals surface area contributed by atoms with Gasteiger partial charge in [-0.3, -0.25) is 4.79 Å². The topological polar surface area (TPSA) is 56.5 Å². The van der Waals surface area contributed by atoms with Gasteiger partial charge in [0, 0.05) is 16.7 Å². The Hall–Kier alpha value is -2.04. The van der Waals surface area contributed by atoms with E-state index in [0.29, 0.717) is 10.8 Å². The summed E-state index contributed by atoms with van der Waals surface area (Å²) in [6, 6.07) is 7.85. The van der Waals surface area contributed by atoms with Gasteiger partial charge in [0.1, 0.15) is 5.76 Å². The average Bonchev–Trinajstić information content (AvgIpc) is 2.95.